The summed E-state index contributed by atoms with van der Waals surface area (Å²) in [5, 5.41) is 11.2. The topological polar surface area (TPSA) is 77.5 Å². The van der Waals surface area contributed by atoms with E-state index in [1.54, 1.807) is 12.1 Å². The zero-order valence-corrected chi connectivity index (χ0v) is 17.3. The number of aliphatic hydroxyl groups excluding tert-OH is 1. The van der Waals surface area contributed by atoms with Gasteiger partial charge in [0.05, 0.1) is 17.6 Å². The number of ether oxygens (including phenoxy) is 1. The second-order valence-corrected chi connectivity index (χ2v) is 7.64. The van der Waals surface area contributed by atoms with Gasteiger partial charge >= 0.3 is 0 Å². The number of carbonyl (C=O) groups excluding carboxylic acids is 1. The molecule has 1 aromatic heterocycles. The molecule has 5 aromatic rings. The monoisotopic (exact) mass is 421 g/mol. The number of carbonyl (C=O) groups is 1. The molecule has 5 heteroatoms. The highest BCUT2D eigenvalue weighted by Gasteiger charge is 2.17. The molecule has 0 saturated carbocycles. The maximum Gasteiger partial charge on any atom is 0.249 e. The van der Waals surface area contributed by atoms with Gasteiger partial charge in [-0.1, -0.05) is 36.4 Å². The van der Waals surface area contributed by atoms with E-state index in [2.05, 4.69) is 10.6 Å². The van der Waals surface area contributed by atoms with Crippen molar-refractivity contribution in [3.63, 3.8) is 0 Å². The van der Waals surface area contributed by atoms with Gasteiger partial charge in [-0.15, -0.1) is 0 Å². The van der Waals surface area contributed by atoms with Crippen LogP contribution in [0.5, 0.6) is 11.5 Å². The minimum Gasteiger partial charge on any atom is -0.457 e. The molecule has 1 heterocycles. The Labute approximate surface area is 185 Å². The first-order valence-corrected chi connectivity index (χ1v) is 10.3. The standard InChI is InChI=1S/C27H21N2O3/c28-27(31)23-7-4-8-24-26(23)22-14-11-19(17-30)15-25(22)29(24)16-18-9-12-21(13-10-18)32-20-5-2-1-3-6-20/h1-13,15,30H,16-17H2,(H2,28,31). The fraction of sp³-hybridized carbons (Fsp3) is 0.0741. The van der Waals surface area contributed by atoms with Gasteiger partial charge < -0.3 is 20.1 Å². The maximum atomic E-state index is 12.1. The molecule has 0 unspecified atom stereocenters. The third-order valence-corrected chi connectivity index (χ3v) is 5.55. The summed E-state index contributed by atoms with van der Waals surface area (Å²) >= 11 is 0. The van der Waals surface area contributed by atoms with Crippen LogP contribution in [-0.4, -0.2) is 15.6 Å². The molecule has 3 N–H and O–H groups in total. The first kappa shape index (κ1) is 19.8. The first-order chi connectivity index (χ1) is 15.6. The van der Waals surface area contributed by atoms with Crippen molar-refractivity contribution in [2.45, 2.75) is 13.2 Å². The number of nitrogens with two attached hydrogens (primary N) is 1. The lowest BCUT2D eigenvalue weighted by Gasteiger charge is -2.10. The number of benzene rings is 4. The van der Waals surface area contributed by atoms with Crippen LogP contribution in [-0.2, 0) is 13.2 Å². The van der Waals surface area contributed by atoms with Crippen molar-refractivity contribution in [1.82, 2.24) is 4.57 Å². The van der Waals surface area contributed by atoms with Gasteiger partial charge in [0.15, 0.2) is 0 Å². The molecule has 5 rings (SSSR count). The van der Waals surface area contributed by atoms with Gasteiger partial charge in [0.1, 0.15) is 11.5 Å². The smallest absolute Gasteiger partial charge is 0.249 e. The lowest BCUT2D eigenvalue weighted by Crippen LogP contribution is -2.11. The molecular formula is C27H21N2O3. The molecule has 0 aliphatic carbocycles. The summed E-state index contributed by atoms with van der Waals surface area (Å²) in [7, 11) is 0. The summed E-state index contributed by atoms with van der Waals surface area (Å²) in [5.74, 6) is 1.07. The molecule has 0 saturated heterocycles. The van der Waals surface area contributed by atoms with Gasteiger partial charge in [-0.3, -0.25) is 4.79 Å². The summed E-state index contributed by atoms with van der Waals surface area (Å²) in [6.07, 6.45) is 0. The van der Waals surface area contributed by atoms with Crippen LogP contribution in [0.3, 0.4) is 0 Å². The molecule has 0 aliphatic heterocycles. The highest BCUT2D eigenvalue weighted by atomic mass is 16.5. The molecule has 0 atom stereocenters. The fourth-order valence-electron chi connectivity index (χ4n) is 4.04. The molecule has 4 aromatic carbocycles. The second kappa shape index (κ2) is 8.21. The number of fused-ring (bicyclic) bond motifs is 3. The molecule has 0 bridgehead atoms. The van der Waals surface area contributed by atoms with Gasteiger partial charge in [0.25, 0.3) is 0 Å². The zero-order chi connectivity index (χ0) is 22.1. The van der Waals surface area contributed by atoms with Gasteiger partial charge in [-0.05, 0) is 65.7 Å². The van der Waals surface area contributed by atoms with E-state index in [0.717, 1.165) is 44.4 Å². The number of amides is 1. The maximum absolute atomic E-state index is 12.1. The van der Waals surface area contributed by atoms with Crippen molar-refractivity contribution in [2.24, 2.45) is 5.73 Å². The number of aliphatic hydroxyl groups is 1. The molecule has 0 spiro atoms. The Morgan fingerprint density at radius 1 is 0.906 bits per heavy atom. The number of hydrogen-bond acceptors (Lipinski definition) is 3. The van der Waals surface area contributed by atoms with E-state index >= 15 is 0 Å². The Hall–Kier alpha value is -4.09. The lowest BCUT2D eigenvalue weighted by atomic mass is 10.0. The molecule has 1 amide bonds. The van der Waals surface area contributed by atoms with E-state index in [-0.39, 0.29) is 6.61 Å². The minimum atomic E-state index is -0.475. The van der Waals surface area contributed by atoms with Crippen LogP contribution in [0.4, 0.5) is 0 Å². The summed E-state index contributed by atoms with van der Waals surface area (Å²) in [5.41, 5.74) is 9.74. The van der Waals surface area contributed by atoms with E-state index < -0.39 is 5.91 Å². The summed E-state index contributed by atoms with van der Waals surface area (Å²) in [4.78, 5) is 12.1. The largest absolute Gasteiger partial charge is 0.457 e. The van der Waals surface area contributed by atoms with Crippen LogP contribution >= 0.6 is 0 Å². The summed E-state index contributed by atoms with van der Waals surface area (Å²) < 4.78 is 8.02. The molecular weight excluding hydrogens is 400 g/mol. The zero-order valence-electron chi connectivity index (χ0n) is 17.3. The summed E-state index contributed by atoms with van der Waals surface area (Å²) in [6.45, 7) is 0.499. The third-order valence-electron chi connectivity index (χ3n) is 5.55. The van der Waals surface area contributed by atoms with E-state index in [0.29, 0.717) is 12.1 Å². The van der Waals surface area contributed by atoms with Gasteiger partial charge in [0, 0.05) is 22.9 Å². The number of rotatable bonds is 6. The number of hydrogen-bond donors (Lipinski definition) is 2. The van der Waals surface area contributed by atoms with E-state index in [1.807, 2.05) is 72.8 Å². The minimum absolute atomic E-state index is 0.0812. The molecule has 32 heavy (non-hydrogen) atoms. The van der Waals surface area contributed by atoms with Crippen LogP contribution in [0.25, 0.3) is 21.8 Å². The van der Waals surface area contributed by atoms with Crippen LogP contribution in [0.2, 0.25) is 0 Å². The van der Waals surface area contributed by atoms with Crippen LogP contribution in [0, 0.1) is 6.07 Å². The van der Waals surface area contributed by atoms with E-state index in [4.69, 9.17) is 10.5 Å². The number of para-hydroxylation sites is 1. The van der Waals surface area contributed by atoms with Crippen molar-refractivity contribution in [1.29, 1.82) is 0 Å². The highest BCUT2D eigenvalue weighted by Crippen LogP contribution is 2.33. The van der Waals surface area contributed by atoms with Gasteiger partial charge in [-0.25, -0.2) is 0 Å². The van der Waals surface area contributed by atoms with Crippen molar-refractivity contribution >= 4 is 27.7 Å². The van der Waals surface area contributed by atoms with E-state index in [9.17, 15) is 9.90 Å². The SMILES string of the molecule is NC(=O)c1cccc2c1c1[c]cc(CO)cc1n2Cc1ccc(Oc2ccccc2)cc1. The predicted molar refractivity (Wildman–Crippen MR) is 125 cm³/mol. The van der Waals surface area contributed by atoms with Crippen molar-refractivity contribution in [3.8, 4) is 11.5 Å². The number of nitrogens with zero attached hydrogens (tertiary/aromatic N) is 1. The molecule has 1 radical (unpaired) electrons. The Morgan fingerprint density at radius 3 is 2.38 bits per heavy atom. The molecule has 5 nitrogen and oxygen atoms in total. The third kappa shape index (κ3) is 3.59. The Balaban J connectivity index is 1.57. The quantitative estimate of drug-likeness (QED) is 0.404. The Kier molecular flexibility index (Phi) is 5.09. The fourth-order valence-corrected chi connectivity index (χ4v) is 4.04. The Morgan fingerprint density at radius 2 is 1.66 bits per heavy atom. The summed E-state index contributed by atoms with van der Waals surface area (Å²) in [6, 6.07) is 30.0. The lowest BCUT2D eigenvalue weighted by molar-refractivity contribution is 0.100. The normalized spacial score (nSPS) is 11.2. The predicted octanol–water partition coefficient (Wildman–Crippen LogP) is 5.03. The van der Waals surface area contributed by atoms with Gasteiger partial charge in [0.2, 0.25) is 5.91 Å². The average Bonchev–Trinajstić information content (AvgIpc) is 3.13. The number of aromatic nitrogens is 1. The van der Waals surface area contributed by atoms with Gasteiger partial charge in [-0.2, -0.15) is 0 Å². The number of primary amides is 1. The van der Waals surface area contributed by atoms with Crippen molar-refractivity contribution in [2.75, 3.05) is 0 Å². The molecule has 0 aliphatic rings. The van der Waals surface area contributed by atoms with Crippen molar-refractivity contribution < 1.29 is 14.6 Å². The van der Waals surface area contributed by atoms with Crippen molar-refractivity contribution in [3.05, 3.63) is 108 Å². The van der Waals surface area contributed by atoms with Crippen LogP contribution < -0.4 is 10.5 Å². The van der Waals surface area contributed by atoms with Crippen LogP contribution in [0.1, 0.15) is 21.5 Å². The first-order valence-electron chi connectivity index (χ1n) is 10.3. The molecule has 157 valence electrons. The highest BCUT2D eigenvalue weighted by molar-refractivity contribution is 6.17. The van der Waals surface area contributed by atoms with E-state index in [1.165, 1.54) is 0 Å². The molecule has 0 fully saturated rings. The average molecular weight is 421 g/mol. The second-order valence-electron chi connectivity index (χ2n) is 7.64. The van der Waals surface area contributed by atoms with Crippen LogP contribution in [0.15, 0.2) is 84.9 Å². The Bertz CT molecular complexity index is 1420.